The van der Waals surface area contributed by atoms with Crippen molar-refractivity contribution < 1.29 is 17.7 Å². The van der Waals surface area contributed by atoms with E-state index in [0.29, 0.717) is 31.3 Å². The van der Waals surface area contributed by atoms with Crippen LogP contribution in [0.1, 0.15) is 53.9 Å². The molecule has 0 amide bonds. The third-order valence-corrected chi connectivity index (χ3v) is 16.2. The van der Waals surface area contributed by atoms with Gasteiger partial charge >= 0.3 is 8.80 Å². The standard InChI is InChI=1S/C19H38O4Si2/c1-6-13-24(20-7-2,19-15-17-11-12-18(19)14-17)16-25(21-8-3,22-9-4)23-10-5/h11-12,17-19H,6-10,13-16H2,1-5H3. The summed E-state index contributed by atoms with van der Waals surface area (Å²) in [5.74, 6) is 1.47. The van der Waals surface area contributed by atoms with Crippen LogP contribution >= 0.6 is 0 Å². The molecule has 0 N–H and O–H groups in total. The van der Waals surface area contributed by atoms with Crippen LogP contribution in [0.3, 0.4) is 0 Å². The Hall–Kier alpha value is 0.0138. The van der Waals surface area contributed by atoms with Crippen molar-refractivity contribution in [3.8, 4) is 0 Å². The van der Waals surface area contributed by atoms with Crippen molar-refractivity contribution in [2.75, 3.05) is 26.4 Å². The lowest BCUT2D eigenvalue weighted by atomic mass is 10.1. The first kappa shape index (κ1) is 21.3. The van der Waals surface area contributed by atoms with Gasteiger partial charge < -0.3 is 17.7 Å². The molecule has 0 aromatic heterocycles. The summed E-state index contributed by atoms with van der Waals surface area (Å²) in [6, 6.07) is 1.19. The molecule has 2 aliphatic carbocycles. The van der Waals surface area contributed by atoms with E-state index < -0.39 is 17.1 Å². The Labute approximate surface area is 156 Å². The van der Waals surface area contributed by atoms with E-state index in [-0.39, 0.29) is 0 Å². The number of fused-ring (bicyclic) bond motifs is 2. The molecule has 4 atom stereocenters. The summed E-state index contributed by atoms with van der Waals surface area (Å²) in [6.07, 6.45) is 8.67. The van der Waals surface area contributed by atoms with E-state index in [1.807, 2.05) is 20.8 Å². The highest BCUT2D eigenvalue weighted by molar-refractivity contribution is 6.88. The Morgan fingerprint density at radius 2 is 1.40 bits per heavy atom. The van der Waals surface area contributed by atoms with E-state index in [2.05, 4.69) is 26.0 Å². The van der Waals surface area contributed by atoms with Gasteiger partial charge in [0.15, 0.2) is 0 Å². The number of hydrogen-bond donors (Lipinski definition) is 0. The van der Waals surface area contributed by atoms with Gasteiger partial charge in [0.05, 0.1) is 0 Å². The van der Waals surface area contributed by atoms with Crippen molar-refractivity contribution in [1.29, 1.82) is 0 Å². The van der Waals surface area contributed by atoms with Gasteiger partial charge in [0.2, 0.25) is 8.32 Å². The maximum atomic E-state index is 6.70. The predicted molar refractivity (Wildman–Crippen MR) is 107 cm³/mol. The van der Waals surface area contributed by atoms with Crippen LogP contribution in [0.15, 0.2) is 12.2 Å². The van der Waals surface area contributed by atoms with Gasteiger partial charge in [-0.3, -0.25) is 0 Å². The number of rotatable bonds is 13. The van der Waals surface area contributed by atoms with E-state index >= 15 is 0 Å². The van der Waals surface area contributed by atoms with Crippen molar-refractivity contribution in [2.45, 2.75) is 71.1 Å². The molecule has 4 unspecified atom stereocenters. The highest BCUT2D eigenvalue weighted by Crippen LogP contribution is 2.55. The van der Waals surface area contributed by atoms with Crippen LogP contribution in [0.2, 0.25) is 17.3 Å². The third-order valence-electron chi connectivity index (χ3n) is 5.67. The second kappa shape index (κ2) is 9.81. The first-order valence-corrected chi connectivity index (χ1v) is 14.7. The fraction of sp³-hybridized carbons (Fsp3) is 0.895. The van der Waals surface area contributed by atoms with Crippen LogP contribution in [0.25, 0.3) is 0 Å². The topological polar surface area (TPSA) is 36.9 Å². The predicted octanol–water partition coefficient (Wildman–Crippen LogP) is 4.93. The molecular formula is C19H38O4Si2. The molecule has 25 heavy (non-hydrogen) atoms. The lowest BCUT2D eigenvalue weighted by molar-refractivity contribution is 0.0736. The smallest absolute Gasteiger partial charge is 0.417 e. The molecule has 0 aromatic rings. The summed E-state index contributed by atoms with van der Waals surface area (Å²) in [4.78, 5) is 0. The Kier molecular flexibility index (Phi) is 8.36. The Morgan fingerprint density at radius 3 is 1.80 bits per heavy atom. The van der Waals surface area contributed by atoms with Crippen LogP contribution in [0.4, 0.5) is 0 Å². The summed E-state index contributed by atoms with van der Waals surface area (Å²) < 4.78 is 25.4. The van der Waals surface area contributed by atoms with Gasteiger partial charge in [0.25, 0.3) is 0 Å². The van der Waals surface area contributed by atoms with Gasteiger partial charge in [-0.15, -0.1) is 0 Å². The van der Waals surface area contributed by atoms with Gasteiger partial charge in [-0.05, 0) is 64.0 Å². The second-order valence-electron chi connectivity index (χ2n) is 7.29. The van der Waals surface area contributed by atoms with Crippen molar-refractivity contribution >= 4 is 17.1 Å². The summed E-state index contributed by atoms with van der Waals surface area (Å²) in [5.41, 5.74) is 1.61. The first-order valence-electron chi connectivity index (χ1n) is 10.3. The fourth-order valence-corrected chi connectivity index (χ4v) is 16.8. The van der Waals surface area contributed by atoms with Crippen molar-refractivity contribution in [3.63, 3.8) is 0 Å². The lowest BCUT2D eigenvalue weighted by Crippen LogP contribution is -2.57. The minimum Gasteiger partial charge on any atom is -0.417 e. The lowest BCUT2D eigenvalue weighted by Gasteiger charge is -2.43. The maximum absolute atomic E-state index is 6.70. The second-order valence-corrected chi connectivity index (χ2v) is 14.6. The summed E-state index contributed by atoms with van der Waals surface area (Å²) in [7, 11) is -4.72. The van der Waals surface area contributed by atoms with Crippen molar-refractivity contribution in [1.82, 2.24) is 0 Å². The fourth-order valence-electron chi connectivity index (χ4n) is 5.04. The molecule has 0 aliphatic heterocycles. The highest BCUT2D eigenvalue weighted by atomic mass is 28.4. The van der Waals surface area contributed by atoms with E-state index in [1.165, 1.54) is 25.3 Å². The van der Waals surface area contributed by atoms with Crippen LogP contribution in [0.5, 0.6) is 0 Å². The van der Waals surface area contributed by atoms with Gasteiger partial charge in [0, 0.05) is 32.1 Å². The number of allylic oxidation sites excluding steroid dienone is 2. The average Bonchev–Trinajstić information content (AvgIpc) is 3.19. The van der Waals surface area contributed by atoms with Crippen LogP contribution < -0.4 is 0 Å². The summed E-state index contributed by atoms with van der Waals surface area (Å²) in [5, 5.41) is 0. The minimum atomic E-state index is -2.69. The van der Waals surface area contributed by atoms with Crippen LogP contribution in [-0.4, -0.2) is 43.5 Å². The Balaban J connectivity index is 2.33. The molecule has 2 aliphatic rings. The van der Waals surface area contributed by atoms with Crippen LogP contribution in [0, 0.1) is 11.8 Å². The van der Waals surface area contributed by atoms with E-state index in [0.717, 1.165) is 18.2 Å². The molecule has 0 radical (unpaired) electrons. The highest BCUT2D eigenvalue weighted by Gasteiger charge is 2.58. The Bertz CT molecular complexity index is 407. The van der Waals surface area contributed by atoms with E-state index in [9.17, 15) is 0 Å². The van der Waals surface area contributed by atoms with Gasteiger partial charge in [0.1, 0.15) is 0 Å². The van der Waals surface area contributed by atoms with Crippen LogP contribution in [-0.2, 0) is 17.7 Å². The van der Waals surface area contributed by atoms with Gasteiger partial charge in [-0.1, -0.05) is 25.5 Å². The zero-order chi connectivity index (χ0) is 18.3. The minimum absolute atomic E-state index is 0.644. The molecule has 1 saturated carbocycles. The molecule has 146 valence electrons. The molecule has 0 saturated heterocycles. The molecule has 0 aromatic carbocycles. The first-order chi connectivity index (χ1) is 12.1. The zero-order valence-electron chi connectivity index (χ0n) is 16.9. The summed E-state index contributed by atoms with van der Waals surface area (Å²) in [6.45, 7) is 13.3. The molecule has 2 rings (SSSR count). The van der Waals surface area contributed by atoms with Crippen molar-refractivity contribution in [2.24, 2.45) is 11.8 Å². The van der Waals surface area contributed by atoms with E-state index in [4.69, 9.17) is 17.7 Å². The zero-order valence-corrected chi connectivity index (χ0v) is 18.9. The molecule has 6 heteroatoms. The molecule has 0 spiro atoms. The Morgan fingerprint density at radius 1 is 0.800 bits per heavy atom. The van der Waals surface area contributed by atoms with Gasteiger partial charge in [-0.2, -0.15) is 0 Å². The van der Waals surface area contributed by atoms with E-state index in [1.54, 1.807) is 0 Å². The average molecular weight is 387 g/mol. The molecule has 2 bridgehead atoms. The molecule has 4 nitrogen and oxygen atoms in total. The largest absolute Gasteiger partial charge is 0.500 e. The number of hydrogen-bond acceptors (Lipinski definition) is 4. The molecular weight excluding hydrogens is 348 g/mol. The summed E-state index contributed by atoms with van der Waals surface area (Å²) >= 11 is 0. The quantitative estimate of drug-likeness (QED) is 0.332. The molecule has 1 fully saturated rings. The van der Waals surface area contributed by atoms with Gasteiger partial charge in [-0.25, -0.2) is 0 Å². The SMILES string of the molecule is CCC[Si](C[Si](OCC)(OCC)OCC)(OCC)C1CC2C=CC1C2. The maximum Gasteiger partial charge on any atom is 0.500 e. The molecule has 0 heterocycles. The monoisotopic (exact) mass is 386 g/mol. The third kappa shape index (κ3) is 4.84. The normalized spacial score (nSPS) is 27.8. The van der Waals surface area contributed by atoms with Crippen molar-refractivity contribution in [3.05, 3.63) is 12.2 Å².